The Kier molecular flexibility index (Phi) is 8.65. The average molecular weight is 624 g/mol. The molecule has 6 rings (SSSR count). The normalized spacial score (nSPS) is 23.0. The number of halogens is 4. The molecule has 7 nitrogen and oxygen atoms in total. The molecule has 11 heteroatoms. The molecule has 3 aromatic carbocycles. The lowest BCUT2D eigenvalue weighted by atomic mass is 9.78. The first-order valence-electron chi connectivity index (χ1n) is 14.8. The molecule has 0 amide bonds. The maximum absolute atomic E-state index is 13.9. The number of carbonyl (C=O) groups is 1. The van der Waals surface area contributed by atoms with E-state index in [1.165, 1.54) is 25.4 Å². The number of hydrogen-bond acceptors (Lipinski definition) is 6. The van der Waals surface area contributed by atoms with Crippen LogP contribution < -0.4 is 10.1 Å². The number of methoxy groups -OCH3 is 1. The highest BCUT2D eigenvalue weighted by Crippen LogP contribution is 2.55. The Labute approximate surface area is 258 Å². The third kappa shape index (κ3) is 6.46. The predicted octanol–water partition coefficient (Wildman–Crippen LogP) is 6.56. The molecule has 0 unspecified atom stereocenters. The van der Waals surface area contributed by atoms with Crippen LogP contribution in [0.3, 0.4) is 0 Å². The summed E-state index contributed by atoms with van der Waals surface area (Å²) in [4.78, 5) is 16.2. The Bertz CT molecular complexity index is 1630. The van der Waals surface area contributed by atoms with Crippen LogP contribution in [0.2, 0.25) is 0 Å². The van der Waals surface area contributed by atoms with Gasteiger partial charge < -0.3 is 19.5 Å². The van der Waals surface area contributed by atoms with E-state index in [2.05, 4.69) is 10.3 Å². The number of imidazole rings is 1. The fourth-order valence-corrected chi connectivity index (χ4v) is 6.82. The maximum Gasteiger partial charge on any atom is 0.450 e. The minimum atomic E-state index is -4.62. The average Bonchev–Trinajstić information content (AvgIpc) is 3.79. The molecule has 4 aromatic rings. The van der Waals surface area contributed by atoms with Gasteiger partial charge in [-0.2, -0.15) is 13.2 Å². The molecule has 0 bridgehead atoms. The maximum atomic E-state index is 13.9. The molecule has 4 atom stereocenters. The summed E-state index contributed by atoms with van der Waals surface area (Å²) < 4.78 is 73.5. The van der Waals surface area contributed by atoms with Crippen LogP contribution in [0, 0.1) is 5.82 Å². The van der Waals surface area contributed by atoms with Crippen LogP contribution >= 0.6 is 0 Å². The summed E-state index contributed by atoms with van der Waals surface area (Å²) >= 11 is 0. The number of carbonyl (C=O) groups excluding carboxylic acids is 1. The van der Waals surface area contributed by atoms with Gasteiger partial charge in [0.25, 0.3) is 0 Å². The quantitative estimate of drug-likeness (QED) is 0.168. The molecule has 1 saturated carbocycles. The fraction of sp³-hybridized carbons (Fsp3) is 0.353. The zero-order chi connectivity index (χ0) is 31.6. The van der Waals surface area contributed by atoms with Crippen molar-refractivity contribution in [2.24, 2.45) is 0 Å². The lowest BCUT2D eigenvalue weighted by molar-refractivity contribution is -0.146. The number of aromatic nitrogens is 2. The van der Waals surface area contributed by atoms with E-state index in [9.17, 15) is 22.4 Å². The molecule has 2 heterocycles. The molecule has 1 aliphatic heterocycles. The first kappa shape index (κ1) is 30.8. The van der Waals surface area contributed by atoms with Gasteiger partial charge in [0.15, 0.2) is 0 Å². The van der Waals surface area contributed by atoms with Gasteiger partial charge in [0.05, 0.1) is 25.9 Å². The third-order valence-corrected chi connectivity index (χ3v) is 8.82. The van der Waals surface area contributed by atoms with Gasteiger partial charge in [0.1, 0.15) is 18.2 Å². The van der Waals surface area contributed by atoms with Gasteiger partial charge in [0.2, 0.25) is 5.82 Å². The smallest absolute Gasteiger partial charge is 0.450 e. The lowest BCUT2D eigenvalue weighted by Crippen LogP contribution is -2.42. The van der Waals surface area contributed by atoms with Crippen LogP contribution in [0.15, 0.2) is 85.2 Å². The number of hydrogen-bond donors (Lipinski definition) is 1. The first-order chi connectivity index (χ1) is 21.7. The van der Waals surface area contributed by atoms with E-state index in [4.69, 9.17) is 14.2 Å². The van der Waals surface area contributed by atoms with Crippen LogP contribution in [-0.2, 0) is 27.1 Å². The monoisotopic (exact) mass is 623 g/mol. The number of nitrogens with one attached hydrogen (secondary N) is 1. The molecule has 1 N–H and O–H groups in total. The first-order valence-corrected chi connectivity index (χ1v) is 14.8. The Morgan fingerprint density at radius 1 is 1.11 bits per heavy atom. The summed E-state index contributed by atoms with van der Waals surface area (Å²) in [5.74, 6) is -1.61. The van der Waals surface area contributed by atoms with Gasteiger partial charge in [-0.15, -0.1) is 0 Å². The molecule has 1 aromatic heterocycles. The zero-order valence-corrected chi connectivity index (χ0v) is 24.6. The largest absolute Gasteiger partial charge is 0.496 e. The van der Waals surface area contributed by atoms with E-state index < -0.39 is 17.6 Å². The highest BCUT2D eigenvalue weighted by molar-refractivity contribution is 5.71. The number of ether oxygens (including phenoxy) is 3. The zero-order valence-electron chi connectivity index (χ0n) is 24.6. The Hall–Kier alpha value is -4.22. The molecule has 2 aliphatic rings. The van der Waals surface area contributed by atoms with Crippen molar-refractivity contribution in [1.82, 2.24) is 14.9 Å². The predicted molar refractivity (Wildman–Crippen MR) is 158 cm³/mol. The van der Waals surface area contributed by atoms with Crippen LogP contribution in [0.25, 0.3) is 5.69 Å². The van der Waals surface area contributed by atoms with Gasteiger partial charge in [-0.1, -0.05) is 42.5 Å². The number of esters is 1. The third-order valence-electron chi connectivity index (χ3n) is 8.82. The molecular formula is C34H33F4N3O4. The van der Waals surface area contributed by atoms with E-state index in [1.807, 2.05) is 30.3 Å². The molecule has 2 fully saturated rings. The molecule has 1 aliphatic carbocycles. The van der Waals surface area contributed by atoms with E-state index in [-0.39, 0.29) is 42.8 Å². The van der Waals surface area contributed by atoms with E-state index >= 15 is 0 Å². The Balaban J connectivity index is 1.23. The Morgan fingerprint density at radius 3 is 2.62 bits per heavy atom. The Morgan fingerprint density at radius 2 is 1.89 bits per heavy atom. The van der Waals surface area contributed by atoms with Crippen LogP contribution in [0.1, 0.15) is 53.6 Å². The molecule has 1 spiro atoms. The summed E-state index contributed by atoms with van der Waals surface area (Å²) in [5.41, 5.74) is 2.15. The van der Waals surface area contributed by atoms with E-state index in [0.717, 1.165) is 27.5 Å². The standard InChI is InChI=1S/C34H33F4N3O4/c1-43-29-12-11-26(41-16-15-39-32(41)34(36,37)38)17-27(29)24-18-33(45-21-24)14-13-28(31(33)23-7-9-25(35)10-8-23)40-19-30(42)44-20-22-5-3-2-4-6-22/h2-12,15-17,24,28,31,40H,13-14,18-21H2,1H3/t24-,28+,31-,33-/m1/s1. The summed E-state index contributed by atoms with van der Waals surface area (Å²) in [6.45, 7) is 0.489. The summed E-state index contributed by atoms with van der Waals surface area (Å²) in [6.07, 6.45) is -0.291. The van der Waals surface area contributed by atoms with Gasteiger partial charge in [0, 0.05) is 41.5 Å². The van der Waals surface area contributed by atoms with Crippen molar-refractivity contribution >= 4 is 5.97 Å². The molecule has 1 saturated heterocycles. The van der Waals surface area contributed by atoms with E-state index in [1.54, 1.807) is 30.3 Å². The van der Waals surface area contributed by atoms with Crippen LogP contribution in [-0.4, -0.2) is 47.4 Å². The summed E-state index contributed by atoms with van der Waals surface area (Å²) in [6, 6.07) is 20.5. The minimum Gasteiger partial charge on any atom is -0.496 e. The number of alkyl halides is 3. The van der Waals surface area contributed by atoms with Crippen molar-refractivity contribution < 1.29 is 36.6 Å². The lowest BCUT2D eigenvalue weighted by Gasteiger charge is -2.34. The van der Waals surface area contributed by atoms with Crippen molar-refractivity contribution in [3.8, 4) is 11.4 Å². The number of benzene rings is 3. The van der Waals surface area contributed by atoms with Gasteiger partial charge in [-0.25, -0.2) is 9.37 Å². The van der Waals surface area contributed by atoms with Crippen LogP contribution in [0.4, 0.5) is 17.6 Å². The molecule has 45 heavy (non-hydrogen) atoms. The number of rotatable bonds is 9. The SMILES string of the molecule is COc1ccc(-n2ccnc2C(F)(F)F)cc1[C@H]1CO[C@]2(CC[C@H](NCC(=O)OCc3ccccc3)[C@H]2c2ccc(F)cc2)C1. The summed E-state index contributed by atoms with van der Waals surface area (Å²) in [5, 5.41) is 3.37. The van der Waals surface area contributed by atoms with Crippen molar-refractivity contribution in [3.05, 3.63) is 114 Å². The van der Waals surface area contributed by atoms with Crippen molar-refractivity contribution in [3.63, 3.8) is 0 Å². The second-order valence-corrected chi connectivity index (χ2v) is 11.5. The molecule has 236 valence electrons. The number of nitrogens with zero attached hydrogens (tertiary/aromatic N) is 2. The fourth-order valence-electron chi connectivity index (χ4n) is 6.82. The van der Waals surface area contributed by atoms with Gasteiger partial charge >= 0.3 is 12.1 Å². The van der Waals surface area contributed by atoms with Gasteiger partial charge in [-0.3, -0.25) is 9.36 Å². The van der Waals surface area contributed by atoms with Crippen molar-refractivity contribution in [2.75, 3.05) is 20.3 Å². The van der Waals surface area contributed by atoms with Gasteiger partial charge in [-0.05, 0) is 60.7 Å². The van der Waals surface area contributed by atoms with Crippen molar-refractivity contribution in [2.45, 2.75) is 55.5 Å². The molecule has 0 radical (unpaired) electrons. The van der Waals surface area contributed by atoms with Crippen LogP contribution in [0.5, 0.6) is 5.75 Å². The minimum absolute atomic E-state index is 0.00296. The topological polar surface area (TPSA) is 74.6 Å². The second-order valence-electron chi connectivity index (χ2n) is 11.5. The van der Waals surface area contributed by atoms with E-state index in [0.29, 0.717) is 37.3 Å². The highest BCUT2D eigenvalue weighted by atomic mass is 19.4. The second kappa shape index (κ2) is 12.6. The van der Waals surface area contributed by atoms with Crippen molar-refractivity contribution in [1.29, 1.82) is 0 Å². The summed E-state index contributed by atoms with van der Waals surface area (Å²) in [7, 11) is 1.52. The highest BCUT2D eigenvalue weighted by Gasteiger charge is 2.54. The molecular weight excluding hydrogens is 590 g/mol.